The van der Waals surface area contributed by atoms with Gasteiger partial charge in [0.25, 0.3) is 0 Å². The van der Waals surface area contributed by atoms with Gasteiger partial charge in [-0.15, -0.1) is 0 Å². The number of hydrogen-bond acceptors (Lipinski definition) is 0. The van der Waals surface area contributed by atoms with Crippen LogP contribution in [0.3, 0.4) is 0 Å². The molecule has 0 aromatic carbocycles. The number of hydrogen-bond donors (Lipinski definition) is 0. The van der Waals surface area contributed by atoms with Gasteiger partial charge in [-0.2, -0.15) is 0 Å². The van der Waals surface area contributed by atoms with Crippen molar-refractivity contribution in [3.8, 4) is 0 Å². The second kappa shape index (κ2) is 3.64. The molecule has 0 radical (unpaired) electrons. The van der Waals surface area contributed by atoms with E-state index in [1.54, 1.807) is 5.57 Å². The monoisotopic (exact) mass is 206 g/mol. The molecular weight excluding hydrogens is 180 g/mol. The molecule has 1 spiro atoms. The third-order valence-electron chi connectivity index (χ3n) is 4.88. The molecule has 0 aromatic rings. The summed E-state index contributed by atoms with van der Waals surface area (Å²) in [5.41, 5.74) is 2.86. The Balaban J connectivity index is 2.20. The molecule has 0 bridgehead atoms. The highest BCUT2D eigenvalue weighted by Gasteiger charge is 2.43. The van der Waals surface area contributed by atoms with Crippen LogP contribution in [-0.2, 0) is 0 Å². The molecule has 0 amide bonds. The van der Waals surface area contributed by atoms with Crippen LogP contribution in [0.4, 0.5) is 0 Å². The highest BCUT2D eigenvalue weighted by molar-refractivity contribution is 5.12. The number of rotatable bonds is 0. The first kappa shape index (κ1) is 11.2. The van der Waals surface area contributed by atoms with E-state index < -0.39 is 0 Å². The Labute approximate surface area is 95.1 Å². The van der Waals surface area contributed by atoms with Crippen molar-refractivity contribution in [2.24, 2.45) is 16.7 Å². The zero-order valence-corrected chi connectivity index (χ0v) is 10.9. The minimum atomic E-state index is 0.589. The molecule has 86 valence electrons. The summed E-state index contributed by atoms with van der Waals surface area (Å²) in [5, 5.41) is 0. The molecule has 0 aliphatic heterocycles. The van der Waals surface area contributed by atoms with Crippen LogP contribution in [0.5, 0.6) is 0 Å². The lowest BCUT2D eigenvalue weighted by atomic mass is 9.55. The normalized spacial score (nSPS) is 40.3. The van der Waals surface area contributed by atoms with Gasteiger partial charge in [0.1, 0.15) is 0 Å². The Morgan fingerprint density at radius 1 is 1.20 bits per heavy atom. The average molecular weight is 206 g/mol. The fourth-order valence-corrected chi connectivity index (χ4v) is 4.01. The Hall–Kier alpha value is -0.260. The summed E-state index contributed by atoms with van der Waals surface area (Å²) in [6, 6.07) is 0. The van der Waals surface area contributed by atoms with E-state index in [-0.39, 0.29) is 0 Å². The summed E-state index contributed by atoms with van der Waals surface area (Å²) in [6.45, 7) is 9.68. The Morgan fingerprint density at radius 3 is 2.53 bits per heavy atom. The molecule has 1 saturated carbocycles. The van der Waals surface area contributed by atoms with Gasteiger partial charge in [0.05, 0.1) is 0 Å². The highest BCUT2D eigenvalue weighted by Crippen LogP contribution is 2.55. The van der Waals surface area contributed by atoms with Gasteiger partial charge < -0.3 is 0 Å². The van der Waals surface area contributed by atoms with E-state index in [1.807, 2.05) is 0 Å². The van der Waals surface area contributed by atoms with Crippen molar-refractivity contribution in [3.63, 3.8) is 0 Å². The van der Waals surface area contributed by atoms with Crippen LogP contribution in [0, 0.1) is 16.7 Å². The van der Waals surface area contributed by atoms with Gasteiger partial charge in [0.2, 0.25) is 0 Å². The van der Waals surface area contributed by atoms with Crippen LogP contribution in [0.2, 0.25) is 0 Å². The Morgan fingerprint density at radius 2 is 1.93 bits per heavy atom. The third-order valence-corrected chi connectivity index (χ3v) is 4.88. The van der Waals surface area contributed by atoms with E-state index in [0.717, 1.165) is 5.92 Å². The molecule has 0 N–H and O–H groups in total. The Kier molecular flexibility index (Phi) is 2.73. The fourth-order valence-electron chi connectivity index (χ4n) is 4.01. The van der Waals surface area contributed by atoms with Crippen molar-refractivity contribution in [2.75, 3.05) is 0 Å². The first-order valence-corrected chi connectivity index (χ1v) is 6.61. The third kappa shape index (κ3) is 2.14. The lowest BCUT2D eigenvalue weighted by Gasteiger charge is -2.50. The molecule has 0 nitrogen and oxygen atoms in total. The lowest BCUT2D eigenvalue weighted by molar-refractivity contribution is 0.0369. The molecule has 1 fully saturated rings. The molecule has 2 aliphatic rings. The van der Waals surface area contributed by atoms with Crippen LogP contribution in [0.25, 0.3) is 0 Å². The van der Waals surface area contributed by atoms with Crippen LogP contribution in [0.15, 0.2) is 11.6 Å². The van der Waals surface area contributed by atoms with E-state index in [9.17, 15) is 0 Å². The molecule has 0 heterocycles. The molecule has 0 aromatic heterocycles. The van der Waals surface area contributed by atoms with Crippen LogP contribution in [0.1, 0.15) is 66.2 Å². The summed E-state index contributed by atoms with van der Waals surface area (Å²) in [5.74, 6) is 0.811. The van der Waals surface area contributed by atoms with Crippen molar-refractivity contribution >= 4 is 0 Å². The number of allylic oxidation sites excluding steroid dienone is 2. The molecule has 2 rings (SSSR count). The van der Waals surface area contributed by atoms with E-state index in [1.165, 1.54) is 38.5 Å². The maximum atomic E-state index is 2.55. The van der Waals surface area contributed by atoms with Gasteiger partial charge >= 0.3 is 0 Å². The van der Waals surface area contributed by atoms with Crippen LogP contribution in [-0.4, -0.2) is 0 Å². The van der Waals surface area contributed by atoms with Crippen molar-refractivity contribution in [1.82, 2.24) is 0 Å². The van der Waals surface area contributed by atoms with Crippen molar-refractivity contribution in [3.05, 3.63) is 11.6 Å². The average Bonchev–Trinajstić information content (AvgIpc) is 2.11. The van der Waals surface area contributed by atoms with Crippen LogP contribution < -0.4 is 0 Å². The van der Waals surface area contributed by atoms with E-state index in [4.69, 9.17) is 0 Å². The molecule has 0 saturated heterocycles. The van der Waals surface area contributed by atoms with E-state index in [2.05, 4.69) is 33.8 Å². The van der Waals surface area contributed by atoms with Gasteiger partial charge in [-0.25, -0.2) is 0 Å². The Bertz CT molecular complexity index is 272. The van der Waals surface area contributed by atoms with Gasteiger partial charge in [-0.3, -0.25) is 0 Å². The summed E-state index contributed by atoms with van der Waals surface area (Å²) < 4.78 is 0. The van der Waals surface area contributed by atoms with Crippen molar-refractivity contribution in [1.29, 1.82) is 0 Å². The zero-order valence-electron chi connectivity index (χ0n) is 10.9. The quantitative estimate of drug-likeness (QED) is 0.492. The predicted octanol–water partition coefficient (Wildman–Crippen LogP) is 4.95. The molecule has 0 heteroatoms. The van der Waals surface area contributed by atoms with Gasteiger partial charge in [0, 0.05) is 0 Å². The maximum absolute atomic E-state index is 2.55. The minimum Gasteiger partial charge on any atom is -0.0822 e. The molecule has 2 aliphatic carbocycles. The molecule has 2 unspecified atom stereocenters. The molecular formula is C15H26. The highest BCUT2D eigenvalue weighted by atomic mass is 14.5. The minimum absolute atomic E-state index is 0.589. The zero-order chi connectivity index (χ0) is 11.1. The molecule has 15 heavy (non-hydrogen) atoms. The smallest absolute Gasteiger partial charge is 0.0202 e. The predicted molar refractivity (Wildman–Crippen MR) is 66.8 cm³/mol. The first-order chi connectivity index (χ1) is 6.94. The summed E-state index contributed by atoms with van der Waals surface area (Å²) in [6.07, 6.45) is 11.1. The SMILES string of the molecule is CC1=CC(C)C2(CCCC(C)(C)C2)CC1. The maximum Gasteiger partial charge on any atom is -0.0202 e. The van der Waals surface area contributed by atoms with Gasteiger partial charge in [-0.1, -0.05) is 38.8 Å². The van der Waals surface area contributed by atoms with E-state index in [0.29, 0.717) is 10.8 Å². The van der Waals surface area contributed by atoms with Crippen molar-refractivity contribution in [2.45, 2.75) is 66.2 Å². The standard InChI is InChI=1S/C15H26/c1-12-6-9-15(13(2)10-12)8-5-7-14(3,4)11-15/h10,13H,5-9,11H2,1-4H3. The van der Waals surface area contributed by atoms with Crippen LogP contribution >= 0.6 is 0 Å². The largest absolute Gasteiger partial charge is 0.0822 e. The summed E-state index contributed by atoms with van der Waals surface area (Å²) >= 11 is 0. The first-order valence-electron chi connectivity index (χ1n) is 6.61. The summed E-state index contributed by atoms with van der Waals surface area (Å²) in [4.78, 5) is 0. The topological polar surface area (TPSA) is 0 Å². The lowest BCUT2D eigenvalue weighted by Crippen LogP contribution is -2.39. The second-order valence-electron chi connectivity index (χ2n) is 6.86. The van der Waals surface area contributed by atoms with E-state index >= 15 is 0 Å². The van der Waals surface area contributed by atoms with Crippen molar-refractivity contribution < 1.29 is 0 Å². The summed E-state index contributed by atoms with van der Waals surface area (Å²) in [7, 11) is 0. The van der Waals surface area contributed by atoms with Gasteiger partial charge in [0.15, 0.2) is 0 Å². The second-order valence-corrected chi connectivity index (χ2v) is 6.86. The molecule has 2 atom stereocenters. The van der Waals surface area contributed by atoms with Gasteiger partial charge in [-0.05, 0) is 55.8 Å². The fraction of sp³-hybridized carbons (Fsp3) is 0.867.